The van der Waals surface area contributed by atoms with Gasteiger partial charge in [0, 0.05) is 6.20 Å². The Labute approximate surface area is 131 Å². The molecule has 0 spiro atoms. The van der Waals surface area contributed by atoms with Gasteiger partial charge in [0.25, 0.3) is 10.0 Å². The summed E-state index contributed by atoms with van der Waals surface area (Å²) >= 11 is 0. The van der Waals surface area contributed by atoms with Gasteiger partial charge < -0.3 is 5.43 Å². The number of nitrogens with one attached hydrogen (secondary N) is 2. The predicted molar refractivity (Wildman–Crippen MR) is 75.4 cm³/mol. The Morgan fingerprint density at radius 1 is 1.35 bits per heavy atom. The van der Waals surface area contributed by atoms with E-state index in [0.29, 0.717) is 12.5 Å². The molecule has 0 aromatic heterocycles. The first kappa shape index (κ1) is 17.1. The molecule has 0 radical (unpaired) electrons. The minimum absolute atomic E-state index is 0.386. The fourth-order valence-electron chi connectivity index (χ4n) is 2.10. The van der Waals surface area contributed by atoms with Crippen molar-refractivity contribution in [1.29, 1.82) is 0 Å². The van der Waals surface area contributed by atoms with Gasteiger partial charge in [-0.1, -0.05) is 19.1 Å². The minimum atomic E-state index is -4.85. The SMILES string of the molecule is CCC1C=CNN1C(=O)NS(=O)(=O)c1ccccc1C(F)(F)F. The molecule has 126 valence electrons. The van der Waals surface area contributed by atoms with Crippen molar-refractivity contribution in [1.82, 2.24) is 15.2 Å². The number of halogens is 3. The second-order valence-electron chi connectivity index (χ2n) is 4.74. The molecule has 0 bridgehead atoms. The van der Waals surface area contributed by atoms with E-state index in [4.69, 9.17) is 0 Å². The highest BCUT2D eigenvalue weighted by Gasteiger charge is 2.38. The van der Waals surface area contributed by atoms with Crippen molar-refractivity contribution in [2.45, 2.75) is 30.5 Å². The van der Waals surface area contributed by atoms with E-state index >= 15 is 0 Å². The average Bonchev–Trinajstić information content (AvgIpc) is 2.94. The van der Waals surface area contributed by atoms with E-state index in [9.17, 15) is 26.4 Å². The number of carbonyl (C=O) groups excluding carboxylic acids is 1. The second kappa shape index (κ2) is 6.11. The molecule has 1 heterocycles. The zero-order valence-corrected chi connectivity index (χ0v) is 12.8. The second-order valence-corrected chi connectivity index (χ2v) is 6.39. The van der Waals surface area contributed by atoms with E-state index < -0.39 is 32.7 Å². The molecule has 0 saturated carbocycles. The first-order valence-corrected chi connectivity index (χ1v) is 8.10. The topological polar surface area (TPSA) is 78.5 Å². The number of rotatable bonds is 3. The van der Waals surface area contributed by atoms with Gasteiger partial charge in [0.2, 0.25) is 0 Å². The lowest BCUT2D eigenvalue weighted by molar-refractivity contribution is -0.139. The summed E-state index contributed by atoms with van der Waals surface area (Å²) < 4.78 is 64.7. The zero-order chi connectivity index (χ0) is 17.3. The van der Waals surface area contributed by atoms with Crippen molar-refractivity contribution >= 4 is 16.1 Å². The molecular formula is C13H14F3N3O3S. The lowest BCUT2D eigenvalue weighted by Gasteiger charge is -2.24. The Morgan fingerprint density at radius 2 is 2.00 bits per heavy atom. The molecule has 0 aliphatic carbocycles. The van der Waals surface area contributed by atoms with Crippen LogP contribution in [0.2, 0.25) is 0 Å². The number of nitrogens with zero attached hydrogens (tertiary/aromatic N) is 1. The van der Waals surface area contributed by atoms with Gasteiger partial charge in [-0.15, -0.1) is 0 Å². The fraction of sp³-hybridized carbons (Fsp3) is 0.308. The highest BCUT2D eigenvalue weighted by molar-refractivity contribution is 7.90. The van der Waals surface area contributed by atoms with Crippen LogP contribution in [0.4, 0.5) is 18.0 Å². The summed E-state index contributed by atoms with van der Waals surface area (Å²) in [5.74, 6) is 0. The predicted octanol–water partition coefficient (Wildman–Crippen LogP) is 2.22. The molecule has 0 fully saturated rings. The van der Waals surface area contributed by atoms with Crippen LogP contribution < -0.4 is 10.1 Å². The maximum Gasteiger partial charge on any atom is 0.417 e. The van der Waals surface area contributed by atoms with Crippen molar-refractivity contribution < 1.29 is 26.4 Å². The van der Waals surface area contributed by atoms with Crippen LogP contribution in [-0.4, -0.2) is 25.5 Å². The van der Waals surface area contributed by atoms with Crippen LogP contribution in [-0.2, 0) is 16.2 Å². The minimum Gasteiger partial charge on any atom is -0.302 e. The number of hydrazine groups is 1. The van der Waals surface area contributed by atoms with Crippen molar-refractivity contribution in [2.24, 2.45) is 0 Å². The van der Waals surface area contributed by atoms with Crippen LogP contribution in [0.25, 0.3) is 0 Å². The van der Waals surface area contributed by atoms with Crippen molar-refractivity contribution in [3.63, 3.8) is 0 Å². The van der Waals surface area contributed by atoms with Gasteiger partial charge in [-0.05, 0) is 24.6 Å². The molecular weight excluding hydrogens is 335 g/mol. The average molecular weight is 349 g/mol. The van der Waals surface area contributed by atoms with Crippen LogP contribution >= 0.6 is 0 Å². The Hall–Kier alpha value is -2.23. The number of hydrogen-bond donors (Lipinski definition) is 2. The van der Waals surface area contributed by atoms with Crippen LogP contribution in [0.3, 0.4) is 0 Å². The van der Waals surface area contributed by atoms with Crippen LogP contribution in [0.15, 0.2) is 41.4 Å². The van der Waals surface area contributed by atoms with Crippen LogP contribution in [0.1, 0.15) is 18.9 Å². The number of urea groups is 1. The number of amides is 2. The molecule has 1 aliphatic heterocycles. The Kier molecular flexibility index (Phi) is 4.55. The van der Waals surface area contributed by atoms with Crippen LogP contribution in [0, 0.1) is 0 Å². The Bertz CT molecular complexity index is 731. The third kappa shape index (κ3) is 3.58. The van der Waals surface area contributed by atoms with Gasteiger partial charge in [-0.3, -0.25) is 0 Å². The third-order valence-corrected chi connectivity index (χ3v) is 4.58. The van der Waals surface area contributed by atoms with Gasteiger partial charge in [0.15, 0.2) is 0 Å². The summed E-state index contributed by atoms with van der Waals surface area (Å²) in [4.78, 5) is 11.0. The Balaban J connectivity index is 2.29. The normalized spacial score (nSPS) is 17.9. The number of hydrogen-bond acceptors (Lipinski definition) is 4. The van der Waals surface area contributed by atoms with E-state index in [1.807, 2.05) is 0 Å². The van der Waals surface area contributed by atoms with Gasteiger partial charge in [-0.2, -0.15) is 13.2 Å². The summed E-state index contributed by atoms with van der Waals surface area (Å²) in [6.45, 7) is 1.77. The van der Waals surface area contributed by atoms with Crippen molar-refractivity contribution in [2.75, 3.05) is 0 Å². The molecule has 6 nitrogen and oxygen atoms in total. The smallest absolute Gasteiger partial charge is 0.302 e. The van der Waals surface area contributed by atoms with Gasteiger partial charge >= 0.3 is 12.2 Å². The van der Waals surface area contributed by atoms with Crippen LogP contribution in [0.5, 0.6) is 0 Å². The fourth-order valence-corrected chi connectivity index (χ4v) is 3.27. The quantitative estimate of drug-likeness (QED) is 0.877. The maximum atomic E-state index is 12.9. The van der Waals surface area contributed by atoms with Gasteiger partial charge in [0.1, 0.15) is 0 Å². The van der Waals surface area contributed by atoms with E-state index in [1.165, 1.54) is 6.20 Å². The van der Waals surface area contributed by atoms with Crippen molar-refractivity contribution in [3.05, 3.63) is 42.1 Å². The highest BCUT2D eigenvalue weighted by atomic mass is 32.2. The monoisotopic (exact) mass is 349 g/mol. The van der Waals surface area contributed by atoms with Crippen molar-refractivity contribution in [3.8, 4) is 0 Å². The van der Waals surface area contributed by atoms with E-state index in [0.717, 1.165) is 23.2 Å². The lowest BCUT2D eigenvalue weighted by Crippen LogP contribution is -2.49. The summed E-state index contributed by atoms with van der Waals surface area (Å²) in [7, 11) is -4.67. The molecule has 1 aromatic rings. The number of sulfonamides is 1. The molecule has 10 heteroatoms. The summed E-state index contributed by atoms with van der Waals surface area (Å²) in [5.41, 5.74) is 1.20. The first-order valence-electron chi connectivity index (χ1n) is 6.62. The maximum absolute atomic E-state index is 12.9. The molecule has 2 rings (SSSR count). The number of benzene rings is 1. The summed E-state index contributed by atoms with van der Waals surface area (Å²) in [6, 6.07) is 2.22. The third-order valence-electron chi connectivity index (χ3n) is 3.20. The molecule has 0 saturated heterocycles. The van der Waals surface area contributed by atoms with E-state index in [2.05, 4.69) is 5.43 Å². The standard InChI is InChI=1S/C13H14F3N3O3S/c1-2-9-7-8-17-19(9)12(20)18-23(21,22)11-6-4-3-5-10(11)13(14,15)16/h3-9,17H,2H2,1H3,(H,18,20). The van der Waals surface area contributed by atoms with Gasteiger partial charge in [-0.25, -0.2) is 22.9 Å². The summed E-state index contributed by atoms with van der Waals surface area (Å²) in [5, 5.41) is 0.994. The molecule has 2 N–H and O–H groups in total. The zero-order valence-electron chi connectivity index (χ0n) is 12.0. The first-order chi connectivity index (χ1) is 10.7. The summed E-state index contributed by atoms with van der Waals surface area (Å²) in [6.07, 6.45) is -1.26. The largest absolute Gasteiger partial charge is 0.417 e. The molecule has 2 amide bonds. The number of alkyl halides is 3. The van der Waals surface area contributed by atoms with E-state index in [-0.39, 0.29) is 6.04 Å². The van der Waals surface area contributed by atoms with E-state index in [1.54, 1.807) is 17.7 Å². The molecule has 1 atom stereocenters. The molecule has 1 aromatic carbocycles. The molecule has 23 heavy (non-hydrogen) atoms. The molecule has 1 aliphatic rings. The Morgan fingerprint density at radius 3 is 2.61 bits per heavy atom. The lowest BCUT2D eigenvalue weighted by atomic mass is 10.2. The number of carbonyl (C=O) groups is 1. The molecule has 1 unspecified atom stereocenters. The highest BCUT2D eigenvalue weighted by Crippen LogP contribution is 2.33. The van der Waals surface area contributed by atoms with Gasteiger partial charge in [0.05, 0.1) is 16.5 Å².